The van der Waals surface area contributed by atoms with Crippen molar-refractivity contribution in [2.75, 3.05) is 0 Å². The Hall–Kier alpha value is -2.17. The van der Waals surface area contributed by atoms with Crippen LogP contribution in [0.4, 0.5) is 0 Å². The van der Waals surface area contributed by atoms with Gasteiger partial charge in [-0.15, -0.1) is 0 Å². The second-order valence-corrected chi connectivity index (χ2v) is 3.75. The van der Waals surface area contributed by atoms with E-state index in [4.69, 9.17) is 5.11 Å². The third kappa shape index (κ3) is 2.18. The van der Waals surface area contributed by atoms with Crippen LogP contribution in [0.15, 0.2) is 24.4 Å². The molecule has 1 N–H and O–H groups in total. The molecule has 5 nitrogen and oxygen atoms in total. The van der Waals surface area contributed by atoms with Crippen LogP contribution >= 0.6 is 0 Å². The summed E-state index contributed by atoms with van der Waals surface area (Å²) in [6.45, 7) is 3.86. The summed E-state index contributed by atoms with van der Waals surface area (Å²) < 4.78 is 1.62. The molecule has 5 heteroatoms. The van der Waals surface area contributed by atoms with E-state index in [0.717, 1.165) is 17.1 Å². The van der Waals surface area contributed by atoms with Crippen molar-refractivity contribution < 1.29 is 9.90 Å². The molecule has 0 unspecified atom stereocenters. The summed E-state index contributed by atoms with van der Waals surface area (Å²) in [6.07, 6.45) is 2.40. The maximum atomic E-state index is 10.9. The minimum Gasteiger partial charge on any atom is -0.476 e. The Bertz CT molecular complexity index is 543. The molecule has 88 valence electrons. The Morgan fingerprint density at radius 3 is 2.76 bits per heavy atom. The molecular weight excluding hydrogens is 218 g/mol. The van der Waals surface area contributed by atoms with Gasteiger partial charge in [-0.3, -0.25) is 4.98 Å². The Labute approximate surface area is 98.7 Å². The number of hydrogen-bond acceptors (Lipinski definition) is 3. The van der Waals surface area contributed by atoms with Gasteiger partial charge in [0.05, 0.1) is 11.9 Å². The molecule has 0 aliphatic rings. The van der Waals surface area contributed by atoms with Gasteiger partial charge in [-0.05, 0) is 31.5 Å². The summed E-state index contributed by atoms with van der Waals surface area (Å²) in [5, 5.41) is 13.0. The van der Waals surface area contributed by atoms with Crippen molar-refractivity contribution in [1.29, 1.82) is 0 Å². The molecule has 2 aromatic heterocycles. The standard InChI is InChI=1S/C12H13N3O2/c1-3-9-6-11(12(16)17)14-15(9)10-5-4-8(2)13-7-10/h4-7H,3H2,1-2H3,(H,16,17). The molecule has 0 spiro atoms. The van der Waals surface area contributed by atoms with Crippen molar-refractivity contribution >= 4 is 5.97 Å². The molecule has 17 heavy (non-hydrogen) atoms. The van der Waals surface area contributed by atoms with Crippen LogP contribution < -0.4 is 0 Å². The summed E-state index contributed by atoms with van der Waals surface area (Å²) in [5.74, 6) is -1.02. The number of aryl methyl sites for hydroxylation is 2. The lowest BCUT2D eigenvalue weighted by Crippen LogP contribution is -2.04. The van der Waals surface area contributed by atoms with E-state index in [0.29, 0.717) is 6.42 Å². The molecule has 0 radical (unpaired) electrons. The summed E-state index contributed by atoms with van der Waals surface area (Å²) in [5.41, 5.74) is 2.60. The summed E-state index contributed by atoms with van der Waals surface area (Å²) in [6, 6.07) is 5.33. The van der Waals surface area contributed by atoms with Crippen LogP contribution in [0.2, 0.25) is 0 Å². The third-order valence-electron chi connectivity index (χ3n) is 2.50. The van der Waals surface area contributed by atoms with Crippen molar-refractivity contribution in [1.82, 2.24) is 14.8 Å². The zero-order chi connectivity index (χ0) is 12.4. The summed E-state index contributed by atoms with van der Waals surface area (Å²) >= 11 is 0. The van der Waals surface area contributed by atoms with Crippen LogP contribution in [0.3, 0.4) is 0 Å². The molecule has 0 amide bonds. The van der Waals surface area contributed by atoms with Gasteiger partial charge in [-0.2, -0.15) is 5.10 Å². The van der Waals surface area contributed by atoms with Crippen molar-refractivity contribution in [3.05, 3.63) is 41.5 Å². The number of carboxylic acid groups (broad SMARTS) is 1. The molecule has 0 fully saturated rings. The molecule has 0 bridgehead atoms. The van der Waals surface area contributed by atoms with Gasteiger partial charge in [0.25, 0.3) is 0 Å². The van der Waals surface area contributed by atoms with Crippen LogP contribution in [0.1, 0.15) is 28.8 Å². The van der Waals surface area contributed by atoms with E-state index in [-0.39, 0.29) is 5.69 Å². The Kier molecular flexibility index (Phi) is 2.91. The fourth-order valence-corrected chi connectivity index (χ4v) is 1.58. The number of carboxylic acids is 1. The van der Waals surface area contributed by atoms with Gasteiger partial charge in [-0.1, -0.05) is 6.92 Å². The zero-order valence-electron chi connectivity index (χ0n) is 9.71. The van der Waals surface area contributed by atoms with Crippen LogP contribution in [-0.2, 0) is 6.42 Å². The van der Waals surface area contributed by atoms with Crippen LogP contribution in [0.25, 0.3) is 5.69 Å². The van der Waals surface area contributed by atoms with E-state index in [9.17, 15) is 4.79 Å². The van der Waals surface area contributed by atoms with Gasteiger partial charge in [0.2, 0.25) is 0 Å². The summed E-state index contributed by atoms with van der Waals surface area (Å²) in [4.78, 5) is 15.1. The quantitative estimate of drug-likeness (QED) is 0.875. The molecule has 2 aromatic rings. The average Bonchev–Trinajstić information content (AvgIpc) is 2.74. The highest BCUT2D eigenvalue weighted by molar-refractivity contribution is 5.85. The first-order valence-corrected chi connectivity index (χ1v) is 5.37. The molecule has 0 saturated heterocycles. The molecule has 0 aliphatic carbocycles. The lowest BCUT2D eigenvalue weighted by Gasteiger charge is -2.04. The van der Waals surface area contributed by atoms with E-state index < -0.39 is 5.97 Å². The fraction of sp³-hybridized carbons (Fsp3) is 0.250. The van der Waals surface area contributed by atoms with E-state index in [1.54, 1.807) is 16.9 Å². The van der Waals surface area contributed by atoms with Crippen LogP contribution in [0, 0.1) is 6.92 Å². The van der Waals surface area contributed by atoms with Gasteiger partial charge in [0.1, 0.15) is 0 Å². The van der Waals surface area contributed by atoms with E-state index in [1.807, 2.05) is 26.0 Å². The maximum Gasteiger partial charge on any atom is 0.356 e. The highest BCUT2D eigenvalue weighted by atomic mass is 16.4. The molecule has 0 atom stereocenters. The predicted octanol–water partition coefficient (Wildman–Crippen LogP) is 1.84. The maximum absolute atomic E-state index is 10.9. The second kappa shape index (κ2) is 4.37. The molecule has 0 saturated carbocycles. The molecule has 0 aromatic carbocycles. The Balaban J connectivity index is 2.50. The Morgan fingerprint density at radius 2 is 2.24 bits per heavy atom. The average molecular weight is 231 g/mol. The first-order chi connectivity index (χ1) is 8.11. The number of hydrogen-bond donors (Lipinski definition) is 1. The first-order valence-electron chi connectivity index (χ1n) is 5.37. The SMILES string of the molecule is CCc1cc(C(=O)O)nn1-c1ccc(C)nc1. The Morgan fingerprint density at radius 1 is 1.47 bits per heavy atom. The molecular formula is C12H13N3O2. The van der Waals surface area contributed by atoms with Gasteiger partial charge < -0.3 is 5.11 Å². The monoisotopic (exact) mass is 231 g/mol. The molecule has 0 aliphatic heterocycles. The molecule has 2 heterocycles. The van der Waals surface area contributed by atoms with Gasteiger partial charge >= 0.3 is 5.97 Å². The van der Waals surface area contributed by atoms with Crippen molar-refractivity contribution in [3.8, 4) is 5.69 Å². The minimum absolute atomic E-state index is 0.0578. The lowest BCUT2D eigenvalue weighted by atomic mass is 10.3. The zero-order valence-corrected chi connectivity index (χ0v) is 9.71. The smallest absolute Gasteiger partial charge is 0.356 e. The third-order valence-corrected chi connectivity index (χ3v) is 2.50. The lowest BCUT2D eigenvalue weighted by molar-refractivity contribution is 0.0690. The predicted molar refractivity (Wildman–Crippen MR) is 62.4 cm³/mol. The second-order valence-electron chi connectivity index (χ2n) is 3.75. The number of aromatic carboxylic acids is 1. The largest absolute Gasteiger partial charge is 0.476 e. The van der Waals surface area contributed by atoms with Crippen LogP contribution in [-0.4, -0.2) is 25.8 Å². The normalized spacial score (nSPS) is 10.5. The topological polar surface area (TPSA) is 68.0 Å². The van der Waals surface area contributed by atoms with Gasteiger partial charge in [0.15, 0.2) is 5.69 Å². The number of carbonyl (C=O) groups is 1. The highest BCUT2D eigenvalue weighted by Crippen LogP contribution is 2.13. The number of pyridine rings is 1. The summed E-state index contributed by atoms with van der Waals surface area (Å²) in [7, 11) is 0. The van der Waals surface area contributed by atoms with Crippen molar-refractivity contribution in [2.24, 2.45) is 0 Å². The first kappa shape index (κ1) is 11.3. The van der Waals surface area contributed by atoms with Gasteiger partial charge in [-0.25, -0.2) is 9.48 Å². The molecule has 2 rings (SSSR count). The number of rotatable bonds is 3. The number of nitrogens with zero attached hydrogens (tertiary/aromatic N) is 3. The van der Waals surface area contributed by atoms with E-state index in [1.165, 1.54) is 0 Å². The highest BCUT2D eigenvalue weighted by Gasteiger charge is 2.13. The van der Waals surface area contributed by atoms with Gasteiger partial charge in [0, 0.05) is 11.4 Å². The van der Waals surface area contributed by atoms with E-state index >= 15 is 0 Å². The number of aromatic nitrogens is 3. The van der Waals surface area contributed by atoms with Crippen LogP contribution in [0.5, 0.6) is 0 Å². The van der Waals surface area contributed by atoms with Crippen molar-refractivity contribution in [3.63, 3.8) is 0 Å². The minimum atomic E-state index is -1.02. The fourth-order valence-electron chi connectivity index (χ4n) is 1.58. The van der Waals surface area contributed by atoms with Crippen molar-refractivity contribution in [2.45, 2.75) is 20.3 Å². The van der Waals surface area contributed by atoms with E-state index in [2.05, 4.69) is 10.1 Å².